The van der Waals surface area contributed by atoms with Crippen LogP contribution in [0.5, 0.6) is 0 Å². The highest BCUT2D eigenvalue weighted by molar-refractivity contribution is 4.81. The highest BCUT2D eigenvalue weighted by atomic mass is 15.2. The number of allylic oxidation sites excluding steroid dienone is 2. The standard InChI is InChI=1S/C32H65N/c1-6-9-12-13-14-15-16-17-18-19-20-21-22-23-24-27-30-33(31(4)28-25-10-7-2)32(5)29-26-11-8-3/h17-18,31-32H,6-16,19-30H2,1-5H3/b18-17-. The van der Waals surface area contributed by atoms with Gasteiger partial charge in [-0.3, -0.25) is 4.90 Å². The van der Waals surface area contributed by atoms with E-state index in [1.54, 1.807) is 0 Å². The van der Waals surface area contributed by atoms with Crippen LogP contribution in [0.4, 0.5) is 0 Å². The molecule has 198 valence electrons. The Kier molecular flexibility index (Phi) is 26.1. The van der Waals surface area contributed by atoms with Crippen LogP contribution in [0.3, 0.4) is 0 Å². The van der Waals surface area contributed by atoms with E-state index in [0.717, 1.165) is 12.1 Å². The maximum absolute atomic E-state index is 2.86. The Balaban J connectivity index is 3.83. The molecule has 0 aliphatic rings. The summed E-state index contributed by atoms with van der Waals surface area (Å²) in [7, 11) is 0. The number of unbranched alkanes of at least 4 members (excludes halogenated alkanes) is 16. The molecule has 0 spiro atoms. The van der Waals surface area contributed by atoms with Gasteiger partial charge in [-0.05, 0) is 65.3 Å². The van der Waals surface area contributed by atoms with Crippen LogP contribution in [0.25, 0.3) is 0 Å². The summed E-state index contributed by atoms with van der Waals surface area (Å²) in [6.45, 7) is 13.2. The maximum atomic E-state index is 2.86. The average Bonchev–Trinajstić information content (AvgIpc) is 2.81. The molecule has 0 rings (SSSR count). The van der Waals surface area contributed by atoms with Crippen LogP contribution >= 0.6 is 0 Å². The zero-order valence-corrected chi connectivity index (χ0v) is 24.0. The molecular formula is C32H65N. The fourth-order valence-electron chi connectivity index (χ4n) is 5.13. The molecule has 0 aromatic rings. The molecule has 0 bridgehead atoms. The molecule has 0 saturated carbocycles. The van der Waals surface area contributed by atoms with Gasteiger partial charge in [-0.2, -0.15) is 0 Å². The molecule has 2 atom stereocenters. The van der Waals surface area contributed by atoms with Crippen molar-refractivity contribution in [2.75, 3.05) is 6.54 Å². The molecular weight excluding hydrogens is 398 g/mol. The zero-order valence-electron chi connectivity index (χ0n) is 24.0. The van der Waals surface area contributed by atoms with E-state index in [2.05, 4.69) is 51.7 Å². The van der Waals surface area contributed by atoms with Crippen LogP contribution in [0, 0.1) is 0 Å². The lowest BCUT2D eigenvalue weighted by atomic mass is 10.0. The van der Waals surface area contributed by atoms with Gasteiger partial charge in [0.1, 0.15) is 0 Å². The lowest BCUT2D eigenvalue weighted by Crippen LogP contribution is -2.41. The molecule has 0 N–H and O–H groups in total. The average molecular weight is 464 g/mol. The molecule has 0 aliphatic carbocycles. The summed E-state index contributed by atoms with van der Waals surface area (Å²) in [5.74, 6) is 0. The molecule has 0 amide bonds. The Morgan fingerprint density at radius 1 is 0.455 bits per heavy atom. The summed E-state index contributed by atoms with van der Waals surface area (Å²) < 4.78 is 0. The molecule has 0 radical (unpaired) electrons. The normalized spacial score (nSPS) is 13.9. The first-order chi connectivity index (χ1) is 16.2. The summed E-state index contributed by atoms with van der Waals surface area (Å²) in [5.41, 5.74) is 0. The second kappa shape index (κ2) is 26.3. The minimum absolute atomic E-state index is 0.760. The molecule has 0 fully saturated rings. The van der Waals surface area contributed by atoms with Gasteiger partial charge in [-0.1, -0.05) is 129 Å². The second-order valence-corrected chi connectivity index (χ2v) is 10.9. The number of hydrogen-bond donors (Lipinski definition) is 0. The first kappa shape index (κ1) is 32.7. The maximum Gasteiger partial charge on any atom is 0.00697 e. The van der Waals surface area contributed by atoms with E-state index in [9.17, 15) is 0 Å². The minimum atomic E-state index is 0.760. The van der Waals surface area contributed by atoms with E-state index in [-0.39, 0.29) is 0 Å². The van der Waals surface area contributed by atoms with Crippen LogP contribution in [0.1, 0.15) is 176 Å². The Labute approximate surface area is 211 Å². The highest BCUT2D eigenvalue weighted by Gasteiger charge is 2.19. The number of hydrogen-bond acceptors (Lipinski definition) is 1. The Bertz CT molecular complexity index is 372. The van der Waals surface area contributed by atoms with Crippen molar-refractivity contribution in [2.24, 2.45) is 0 Å². The molecule has 0 aromatic heterocycles. The summed E-state index contributed by atoms with van der Waals surface area (Å²) in [5, 5.41) is 0. The van der Waals surface area contributed by atoms with E-state index in [4.69, 9.17) is 0 Å². The van der Waals surface area contributed by atoms with E-state index in [1.807, 2.05) is 0 Å². The van der Waals surface area contributed by atoms with Crippen LogP contribution < -0.4 is 0 Å². The third kappa shape index (κ3) is 21.9. The van der Waals surface area contributed by atoms with Gasteiger partial charge in [0.25, 0.3) is 0 Å². The molecule has 0 aliphatic heterocycles. The summed E-state index contributed by atoms with van der Waals surface area (Å²) in [6, 6.07) is 1.52. The van der Waals surface area contributed by atoms with E-state index in [0.29, 0.717) is 0 Å². The van der Waals surface area contributed by atoms with Gasteiger partial charge in [-0.25, -0.2) is 0 Å². The Morgan fingerprint density at radius 2 is 0.818 bits per heavy atom. The summed E-state index contributed by atoms with van der Waals surface area (Å²) in [6.07, 6.45) is 35.5. The van der Waals surface area contributed by atoms with Gasteiger partial charge in [0.2, 0.25) is 0 Å². The third-order valence-corrected chi connectivity index (χ3v) is 7.51. The van der Waals surface area contributed by atoms with Gasteiger partial charge < -0.3 is 0 Å². The highest BCUT2D eigenvalue weighted by Crippen LogP contribution is 2.19. The molecule has 1 heteroatoms. The molecule has 0 aromatic carbocycles. The predicted molar refractivity (Wildman–Crippen MR) is 153 cm³/mol. The molecule has 0 heterocycles. The monoisotopic (exact) mass is 464 g/mol. The van der Waals surface area contributed by atoms with Crippen LogP contribution in [0.2, 0.25) is 0 Å². The van der Waals surface area contributed by atoms with Gasteiger partial charge in [-0.15, -0.1) is 0 Å². The summed E-state index contributed by atoms with van der Waals surface area (Å²) in [4.78, 5) is 2.86. The van der Waals surface area contributed by atoms with Gasteiger partial charge in [0.15, 0.2) is 0 Å². The first-order valence-electron chi connectivity index (χ1n) is 15.6. The topological polar surface area (TPSA) is 3.24 Å². The molecule has 2 unspecified atom stereocenters. The number of nitrogens with zero attached hydrogens (tertiary/aromatic N) is 1. The summed E-state index contributed by atoms with van der Waals surface area (Å²) >= 11 is 0. The predicted octanol–water partition coefficient (Wildman–Crippen LogP) is 11.3. The van der Waals surface area contributed by atoms with E-state index in [1.165, 1.54) is 148 Å². The number of rotatable bonds is 26. The van der Waals surface area contributed by atoms with Gasteiger partial charge >= 0.3 is 0 Å². The smallest absolute Gasteiger partial charge is 0.00697 e. The van der Waals surface area contributed by atoms with E-state index < -0.39 is 0 Å². The minimum Gasteiger partial charge on any atom is -0.298 e. The van der Waals surface area contributed by atoms with Crippen molar-refractivity contribution in [3.63, 3.8) is 0 Å². The van der Waals surface area contributed by atoms with Gasteiger partial charge in [0.05, 0.1) is 0 Å². The van der Waals surface area contributed by atoms with Crippen molar-refractivity contribution in [3.8, 4) is 0 Å². The lowest BCUT2D eigenvalue weighted by molar-refractivity contribution is 0.132. The molecule has 0 saturated heterocycles. The largest absolute Gasteiger partial charge is 0.298 e. The SMILES string of the molecule is CCCCCCCC/C=C\CCCCCCCCN(C(C)CCCCC)C(C)CCCCC. The van der Waals surface area contributed by atoms with Crippen molar-refractivity contribution in [2.45, 2.75) is 188 Å². The van der Waals surface area contributed by atoms with Crippen LogP contribution in [-0.4, -0.2) is 23.5 Å². The van der Waals surface area contributed by atoms with Crippen molar-refractivity contribution in [1.29, 1.82) is 0 Å². The van der Waals surface area contributed by atoms with Crippen molar-refractivity contribution >= 4 is 0 Å². The molecule has 33 heavy (non-hydrogen) atoms. The fourth-order valence-corrected chi connectivity index (χ4v) is 5.13. The quantitative estimate of drug-likeness (QED) is 0.0910. The Hall–Kier alpha value is -0.300. The Morgan fingerprint density at radius 3 is 1.27 bits per heavy atom. The van der Waals surface area contributed by atoms with Gasteiger partial charge in [0, 0.05) is 12.1 Å². The van der Waals surface area contributed by atoms with Crippen LogP contribution in [-0.2, 0) is 0 Å². The second-order valence-electron chi connectivity index (χ2n) is 10.9. The van der Waals surface area contributed by atoms with Crippen molar-refractivity contribution in [3.05, 3.63) is 12.2 Å². The third-order valence-electron chi connectivity index (χ3n) is 7.51. The molecule has 1 nitrogen and oxygen atoms in total. The first-order valence-corrected chi connectivity index (χ1v) is 15.6. The van der Waals surface area contributed by atoms with E-state index >= 15 is 0 Å². The zero-order chi connectivity index (χ0) is 24.4. The van der Waals surface area contributed by atoms with Crippen molar-refractivity contribution in [1.82, 2.24) is 4.90 Å². The lowest BCUT2D eigenvalue weighted by Gasteiger charge is -2.35. The van der Waals surface area contributed by atoms with Crippen molar-refractivity contribution < 1.29 is 0 Å². The fraction of sp³-hybridized carbons (Fsp3) is 0.938. The van der Waals surface area contributed by atoms with Crippen LogP contribution in [0.15, 0.2) is 12.2 Å².